The maximum atomic E-state index is 11.7. The molecule has 0 radical (unpaired) electrons. The molecule has 0 aromatic carbocycles. The van der Waals surface area contributed by atoms with E-state index in [-0.39, 0.29) is 5.60 Å². The van der Waals surface area contributed by atoms with Gasteiger partial charge in [-0.15, -0.1) is 0 Å². The van der Waals surface area contributed by atoms with Crippen molar-refractivity contribution in [1.29, 1.82) is 0 Å². The molecule has 0 saturated heterocycles. The second-order valence-corrected chi connectivity index (χ2v) is 8.01. The van der Waals surface area contributed by atoms with Crippen LogP contribution in [-0.4, -0.2) is 47.1 Å². The van der Waals surface area contributed by atoms with E-state index < -0.39 is 17.3 Å². The highest BCUT2D eigenvalue weighted by atomic mass is 127. The van der Waals surface area contributed by atoms with Gasteiger partial charge in [0, 0.05) is 4.43 Å². The van der Waals surface area contributed by atoms with E-state index in [4.69, 9.17) is 14.2 Å². The van der Waals surface area contributed by atoms with Gasteiger partial charge in [-0.2, -0.15) is 0 Å². The van der Waals surface area contributed by atoms with Crippen LogP contribution in [0.3, 0.4) is 0 Å². The lowest BCUT2D eigenvalue weighted by Crippen LogP contribution is -2.46. The van der Waals surface area contributed by atoms with Crippen LogP contribution in [0.15, 0.2) is 0 Å². The number of alkyl carbamates (subject to hydrolysis) is 1. The van der Waals surface area contributed by atoms with Crippen molar-refractivity contribution in [2.75, 3.05) is 24.2 Å². The Morgan fingerprint density at radius 2 is 1.48 bits per heavy atom. The fourth-order valence-electron chi connectivity index (χ4n) is 1.35. The average Bonchev–Trinajstić information content (AvgIpc) is 2.29. The van der Waals surface area contributed by atoms with Crippen molar-refractivity contribution in [1.82, 2.24) is 5.32 Å². The van der Waals surface area contributed by atoms with Crippen molar-refractivity contribution >= 4 is 28.7 Å². The van der Waals surface area contributed by atoms with Gasteiger partial charge in [-0.25, -0.2) is 4.79 Å². The number of alkyl halides is 1. The van der Waals surface area contributed by atoms with E-state index in [0.29, 0.717) is 19.8 Å². The Morgan fingerprint density at radius 3 is 1.90 bits per heavy atom. The van der Waals surface area contributed by atoms with E-state index in [1.54, 1.807) is 0 Å². The molecule has 0 saturated carbocycles. The maximum Gasteiger partial charge on any atom is 0.407 e. The van der Waals surface area contributed by atoms with Crippen LogP contribution in [0.5, 0.6) is 0 Å². The first-order chi connectivity index (χ1) is 9.37. The monoisotopic (exact) mass is 415 g/mol. The number of rotatable bonds is 7. The number of amides is 1. The molecule has 21 heavy (non-hydrogen) atoms. The number of nitrogens with one attached hydrogen (secondary N) is 1. The first kappa shape index (κ1) is 20.9. The van der Waals surface area contributed by atoms with Crippen LogP contribution in [0, 0.1) is 0 Å². The fraction of sp³-hybridized carbons (Fsp3) is 0.933. The minimum atomic E-state index is -0.494. The number of hydrogen-bond donors (Lipinski definition) is 1. The molecule has 0 fully saturated rings. The highest BCUT2D eigenvalue weighted by Gasteiger charge is 2.26. The van der Waals surface area contributed by atoms with Crippen molar-refractivity contribution in [2.45, 2.75) is 65.3 Å². The van der Waals surface area contributed by atoms with Gasteiger partial charge in [0.1, 0.15) is 5.60 Å². The molecule has 1 amide bonds. The molecule has 0 rings (SSSR count). The third kappa shape index (κ3) is 12.2. The molecule has 6 heteroatoms. The summed E-state index contributed by atoms with van der Waals surface area (Å²) in [6, 6.07) is 0. The predicted molar refractivity (Wildman–Crippen MR) is 93.2 cm³/mol. The molecule has 5 nitrogen and oxygen atoms in total. The Labute approximate surface area is 142 Å². The fourth-order valence-corrected chi connectivity index (χ4v) is 1.84. The molecule has 0 bridgehead atoms. The van der Waals surface area contributed by atoms with E-state index >= 15 is 0 Å². The van der Waals surface area contributed by atoms with Crippen LogP contribution in [0.25, 0.3) is 0 Å². The topological polar surface area (TPSA) is 56.8 Å². The standard InChI is InChI=1S/C15H30INO4/c1-13(2,3)19-8-9-20-15(7,10-16)11-17-12(18)21-14(4,5)6/h8-11H2,1-7H3,(H,17,18). The normalized spacial score (nSPS) is 15.4. The largest absolute Gasteiger partial charge is 0.444 e. The van der Waals surface area contributed by atoms with E-state index in [9.17, 15) is 4.79 Å². The summed E-state index contributed by atoms with van der Waals surface area (Å²) in [4.78, 5) is 11.7. The van der Waals surface area contributed by atoms with Crippen LogP contribution in [0.4, 0.5) is 4.79 Å². The molecular formula is C15H30INO4. The van der Waals surface area contributed by atoms with Crippen LogP contribution in [0.1, 0.15) is 48.5 Å². The lowest BCUT2D eigenvalue weighted by Gasteiger charge is -2.29. The molecule has 1 unspecified atom stereocenters. The molecule has 0 aromatic heterocycles. The Morgan fingerprint density at radius 1 is 0.952 bits per heavy atom. The number of carbonyl (C=O) groups excluding carboxylic acids is 1. The molecule has 0 aliphatic rings. The average molecular weight is 415 g/mol. The second-order valence-electron chi connectivity index (χ2n) is 7.25. The summed E-state index contributed by atoms with van der Waals surface area (Å²) in [5, 5.41) is 2.76. The van der Waals surface area contributed by atoms with Crippen LogP contribution in [0.2, 0.25) is 0 Å². The van der Waals surface area contributed by atoms with Gasteiger partial charge in [0.05, 0.1) is 31.0 Å². The van der Waals surface area contributed by atoms with Gasteiger partial charge >= 0.3 is 6.09 Å². The SMILES string of the molecule is CC(C)(C)OCCOC(C)(CI)CNC(=O)OC(C)(C)C. The maximum absolute atomic E-state index is 11.7. The zero-order chi connectivity index (χ0) is 16.7. The molecule has 1 N–H and O–H groups in total. The van der Waals surface area contributed by atoms with Gasteiger partial charge in [-0.05, 0) is 48.5 Å². The van der Waals surface area contributed by atoms with Gasteiger partial charge in [-0.3, -0.25) is 0 Å². The summed E-state index contributed by atoms with van der Waals surface area (Å²) in [5.41, 5.74) is -1.09. The number of halogens is 1. The summed E-state index contributed by atoms with van der Waals surface area (Å²) in [6.45, 7) is 14.9. The summed E-state index contributed by atoms with van der Waals surface area (Å²) in [7, 11) is 0. The third-order valence-electron chi connectivity index (χ3n) is 2.36. The third-order valence-corrected chi connectivity index (χ3v) is 3.97. The van der Waals surface area contributed by atoms with E-state index in [1.165, 1.54) is 0 Å². The number of hydrogen-bond acceptors (Lipinski definition) is 4. The van der Waals surface area contributed by atoms with Crippen molar-refractivity contribution in [2.24, 2.45) is 0 Å². The van der Waals surface area contributed by atoms with Crippen molar-refractivity contribution < 1.29 is 19.0 Å². The Balaban J connectivity index is 4.13. The first-order valence-electron chi connectivity index (χ1n) is 7.18. The van der Waals surface area contributed by atoms with Crippen LogP contribution in [-0.2, 0) is 14.2 Å². The summed E-state index contributed by atoms with van der Waals surface area (Å²) < 4.78 is 17.4. The molecule has 1 atom stereocenters. The minimum absolute atomic E-state index is 0.168. The van der Waals surface area contributed by atoms with Crippen LogP contribution >= 0.6 is 22.6 Å². The number of ether oxygens (including phenoxy) is 3. The molecule has 0 aliphatic heterocycles. The van der Waals surface area contributed by atoms with Crippen molar-refractivity contribution in [3.05, 3.63) is 0 Å². The van der Waals surface area contributed by atoms with Gasteiger partial charge in [0.2, 0.25) is 0 Å². The predicted octanol–water partition coefficient (Wildman–Crippen LogP) is 3.54. The lowest BCUT2D eigenvalue weighted by molar-refractivity contribution is -0.0747. The zero-order valence-electron chi connectivity index (χ0n) is 14.3. The Bertz CT molecular complexity index is 323. The Kier molecular flexibility index (Phi) is 8.49. The summed E-state index contributed by atoms with van der Waals surface area (Å²) in [6.07, 6.45) is -0.423. The first-order valence-corrected chi connectivity index (χ1v) is 8.70. The molecule has 126 valence electrons. The van der Waals surface area contributed by atoms with Crippen molar-refractivity contribution in [3.63, 3.8) is 0 Å². The van der Waals surface area contributed by atoms with Gasteiger partial charge < -0.3 is 19.5 Å². The molecule has 0 aliphatic carbocycles. The van der Waals surface area contributed by atoms with Gasteiger partial charge in [0.25, 0.3) is 0 Å². The van der Waals surface area contributed by atoms with Gasteiger partial charge in [-0.1, -0.05) is 22.6 Å². The number of carbonyl (C=O) groups is 1. The molecular weight excluding hydrogens is 385 g/mol. The van der Waals surface area contributed by atoms with Gasteiger partial charge in [0.15, 0.2) is 0 Å². The highest BCUT2D eigenvalue weighted by molar-refractivity contribution is 14.1. The minimum Gasteiger partial charge on any atom is -0.444 e. The zero-order valence-corrected chi connectivity index (χ0v) is 16.5. The Hall–Kier alpha value is -0.0800. The molecule has 0 spiro atoms. The van der Waals surface area contributed by atoms with E-state index in [2.05, 4.69) is 27.9 Å². The van der Waals surface area contributed by atoms with E-state index in [1.807, 2.05) is 48.5 Å². The van der Waals surface area contributed by atoms with Crippen molar-refractivity contribution in [3.8, 4) is 0 Å². The summed E-state index contributed by atoms with van der Waals surface area (Å²) in [5.74, 6) is 0. The smallest absolute Gasteiger partial charge is 0.407 e. The molecule has 0 heterocycles. The lowest BCUT2D eigenvalue weighted by atomic mass is 10.1. The summed E-state index contributed by atoms with van der Waals surface area (Å²) >= 11 is 2.25. The van der Waals surface area contributed by atoms with E-state index in [0.717, 1.165) is 4.43 Å². The quantitative estimate of drug-likeness (QED) is 0.393. The molecule has 0 aromatic rings. The highest BCUT2D eigenvalue weighted by Crippen LogP contribution is 2.15. The van der Waals surface area contributed by atoms with Crippen LogP contribution < -0.4 is 5.32 Å². The second kappa shape index (κ2) is 8.53.